The summed E-state index contributed by atoms with van der Waals surface area (Å²) in [6.07, 6.45) is -0.725. The number of hydrogen-bond donors (Lipinski definition) is 1. The minimum absolute atomic E-state index is 0.0909. The molecule has 174 valence electrons. The van der Waals surface area contributed by atoms with E-state index in [1.54, 1.807) is 73.7 Å². The van der Waals surface area contributed by atoms with Crippen LogP contribution in [0.2, 0.25) is 10.0 Å². The Balaban J connectivity index is 1.77. The van der Waals surface area contributed by atoms with Crippen molar-refractivity contribution in [3.63, 3.8) is 0 Å². The van der Waals surface area contributed by atoms with Crippen LogP contribution in [0.3, 0.4) is 0 Å². The van der Waals surface area contributed by atoms with Crippen molar-refractivity contribution in [2.45, 2.75) is 19.4 Å². The number of amides is 1. The van der Waals surface area contributed by atoms with Gasteiger partial charge in [-0.15, -0.1) is 0 Å². The van der Waals surface area contributed by atoms with Crippen molar-refractivity contribution in [2.75, 3.05) is 12.4 Å². The van der Waals surface area contributed by atoms with E-state index < -0.39 is 17.4 Å². The SMILES string of the molecule is CCC(Oc1c(-c2ccccc2Cl)oc2ccccc2c1=O)C(=O)Nc1cc(Cl)ccc1OC. The van der Waals surface area contributed by atoms with Crippen LogP contribution in [-0.4, -0.2) is 19.1 Å². The molecule has 4 rings (SSSR count). The predicted molar refractivity (Wildman–Crippen MR) is 134 cm³/mol. The van der Waals surface area contributed by atoms with Gasteiger partial charge in [0.05, 0.1) is 23.2 Å². The van der Waals surface area contributed by atoms with E-state index in [4.69, 9.17) is 37.1 Å². The lowest BCUT2D eigenvalue weighted by Gasteiger charge is -2.20. The summed E-state index contributed by atoms with van der Waals surface area (Å²) in [7, 11) is 1.49. The summed E-state index contributed by atoms with van der Waals surface area (Å²) in [5.74, 6) is 0.0306. The minimum Gasteiger partial charge on any atom is -0.495 e. The Morgan fingerprint density at radius 3 is 2.53 bits per heavy atom. The predicted octanol–water partition coefficient (Wildman–Crippen LogP) is 6.57. The van der Waals surface area contributed by atoms with Crippen molar-refractivity contribution >= 4 is 45.8 Å². The molecule has 0 aliphatic carbocycles. The highest BCUT2D eigenvalue weighted by Crippen LogP contribution is 2.36. The maximum absolute atomic E-state index is 13.4. The quantitative estimate of drug-likeness (QED) is 0.312. The summed E-state index contributed by atoms with van der Waals surface area (Å²) < 4.78 is 17.4. The zero-order chi connectivity index (χ0) is 24.2. The Hall–Kier alpha value is -3.48. The molecule has 1 aromatic heterocycles. The molecule has 0 bridgehead atoms. The molecule has 0 saturated carbocycles. The highest BCUT2D eigenvalue weighted by molar-refractivity contribution is 6.33. The van der Waals surface area contributed by atoms with Crippen LogP contribution in [0.25, 0.3) is 22.3 Å². The number of methoxy groups -OCH3 is 1. The van der Waals surface area contributed by atoms with E-state index in [1.807, 2.05) is 0 Å². The molecular weight excluding hydrogens is 477 g/mol. The fourth-order valence-electron chi connectivity index (χ4n) is 3.51. The Labute approximate surface area is 206 Å². The van der Waals surface area contributed by atoms with Gasteiger partial charge in [0.25, 0.3) is 5.91 Å². The van der Waals surface area contributed by atoms with Crippen molar-refractivity contribution in [3.8, 4) is 22.8 Å². The topological polar surface area (TPSA) is 77.8 Å². The fourth-order valence-corrected chi connectivity index (χ4v) is 3.90. The van der Waals surface area contributed by atoms with Crippen LogP contribution in [0.5, 0.6) is 11.5 Å². The Morgan fingerprint density at radius 2 is 1.79 bits per heavy atom. The van der Waals surface area contributed by atoms with Gasteiger partial charge >= 0.3 is 0 Å². The zero-order valence-corrected chi connectivity index (χ0v) is 19.9. The number of para-hydroxylation sites is 1. The van der Waals surface area contributed by atoms with E-state index in [-0.39, 0.29) is 17.9 Å². The Kier molecular flexibility index (Phi) is 7.10. The molecule has 0 aliphatic rings. The third kappa shape index (κ3) is 4.74. The van der Waals surface area contributed by atoms with E-state index in [9.17, 15) is 9.59 Å². The first-order valence-electron chi connectivity index (χ1n) is 10.5. The molecule has 1 amide bonds. The molecule has 0 saturated heterocycles. The molecule has 3 aromatic carbocycles. The van der Waals surface area contributed by atoms with Crippen molar-refractivity contribution in [2.24, 2.45) is 0 Å². The van der Waals surface area contributed by atoms with Gasteiger partial charge in [-0.25, -0.2) is 0 Å². The first kappa shape index (κ1) is 23.7. The minimum atomic E-state index is -1.01. The number of carbonyl (C=O) groups is 1. The Bertz CT molecular complexity index is 1420. The van der Waals surface area contributed by atoms with Crippen LogP contribution in [0, 0.1) is 0 Å². The average molecular weight is 498 g/mol. The second-order valence-electron chi connectivity index (χ2n) is 7.41. The summed E-state index contributed by atoms with van der Waals surface area (Å²) in [6, 6.07) is 18.7. The van der Waals surface area contributed by atoms with Crippen molar-refractivity contribution in [1.82, 2.24) is 0 Å². The molecule has 1 unspecified atom stereocenters. The molecule has 1 atom stereocenters. The summed E-state index contributed by atoms with van der Waals surface area (Å²) in [6.45, 7) is 1.78. The number of halogens is 2. The number of benzene rings is 3. The van der Waals surface area contributed by atoms with Gasteiger partial charge in [-0.2, -0.15) is 0 Å². The van der Waals surface area contributed by atoms with Gasteiger partial charge in [-0.3, -0.25) is 9.59 Å². The van der Waals surface area contributed by atoms with Gasteiger partial charge in [-0.1, -0.05) is 54.4 Å². The second-order valence-corrected chi connectivity index (χ2v) is 8.26. The summed E-state index contributed by atoms with van der Waals surface area (Å²) in [5.41, 5.74) is 0.854. The normalized spacial score (nSPS) is 11.8. The average Bonchev–Trinajstić information content (AvgIpc) is 2.84. The molecule has 0 spiro atoms. The van der Waals surface area contributed by atoms with Crippen LogP contribution >= 0.6 is 23.2 Å². The van der Waals surface area contributed by atoms with Crippen molar-refractivity contribution in [3.05, 3.63) is 87.0 Å². The zero-order valence-electron chi connectivity index (χ0n) is 18.4. The van der Waals surface area contributed by atoms with Gasteiger partial charge in [0.2, 0.25) is 11.2 Å². The number of carbonyl (C=O) groups excluding carboxylic acids is 1. The first-order valence-corrected chi connectivity index (χ1v) is 11.3. The lowest BCUT2D eigenvalue weighted by atomic mass is 10.1. The lowest BCUT2D eigenvalue weighted by molar-refractivity contribution is -0.122. The molecular formula is C26H21Cl2NO5. The number of rotatable bonds is 7. The number of anilines is 1. The summed E-state index contributed by atoms with van der Waals surface area (Å²) in [5, 5.41) is 3.92. The molecule has 0 aliphatic heterocycles. The molecule has 4 aromatic rings. The standard InChI is InChI=1S/C26H21Cl2NO5/c1-3-20(26(31)29-19-14-15(27)12-13-22(19)32-2)33-25-23(30)17-9-5-7-11-21(17)34-24(25)16-8-4-6-10-18(16)28/h4-14,20H,3H2,1-2H3,(H,29,31). The molecule has 1 heterocycles. The smallest absolute Gasteiger partial charge is 0.265 e. The van der Waals surface area contributed by atoms with Gasteiger partial charge in [0.1, 0.15) is 11.3 Å². The van der Waals surface area contributed by atoms with Crippen LogP contribution in [0.1, 0.15) is 13.3 Å². The van der Waals surface area contributed by atoms with Crippen LogP contribution in [0.4, 0.5) is 5.69 Å². The molecule has 8 heteroatoms. The highest BCUT2D eigenvalue weighted by atomic mass is 35.5. The maximum atomic E-state index is 13.4. The molecule has 0 radical (unpaired) electrons. The summed E-state index contributed by atoms with van der Waals surface area (Å²) >= 11 is 12.5. The van der Waals surface area contributed by atoms with Crippen LogP contribution < -0.4 is 20.2 Å². The van der Waals surface area contributed by atoms with Gasteiger partial charge in [0, 0.05) is 10.6 Å². The van der Waals surface area contributed by atoms with Crippen LogP contribution in [0.15, 0.2) is 75.9 Å². The first-order chi connectivity index (χ1) is 16.4. The van der Waals surface area contributed by atoms with E-state index in [0.29, 0.717) is 38.0 Å². The van der Waals surface area contributed by atoms with E-state index >= 15 is 0 Å². The molecule has 0 fully saturated rings. The number of nitrogens with one attached hydrogen (secondary N) is 1. The number of ether oxygens (including phenoxy) is 2. The largest absolute Gasteiger partial charge is 0.495 e. The summed E-state index contributed by atoms with van der Waals surface area (Å²) in [4.78, 5) is 26.5. The Morgan fingerprint density at radius 1 is 1.06 bits per heavy atom. The maximum Gasteiger partial charge on any atom is 0.265 e. The monoisotopic (exact) mass is 497 g/mol. The van der Waals surface area contributed by atoms with Gasteiger partial charge in [0.15, 0.2) is 11.9 Å². The lowest BCUT2D eigenvalue weighted by Crippen LogP contribution is -2.34. The van der Waals surface area contributed by atoms with Crippen LogP contribution in [-0.2, 0) is 4.79 Å². The number of fused-ring (bicyclic) bond motifs is 1. The fraction of sp³-hybridized carbons (Fsp3) is 0.154. The van der Waals surface area contributed by atoms with E-state index in [0.717, 1.165) is 0 Å². The van der Waals surface area contributed by atoms with Gasteiger partial charge < -0.3 is 19.2 Å². The van der Waals surface area contributed by atoms with Crippen molar-refractivity contribution < 1.29 is 18.7 Å². The number of hydrogen-bond acceptors (Lipinski definition) is 5. The third-order valence-corrected chi connectivity index (χ3v) is 5.78. The van der Waals surface area contributed by atoms with E-state index in [1.165, 1.54) is 7.11 Å². The molecule has 1 N–H and O–H groups in total. The highest BCUT2D eigenvalue weighted by Gasteiger charge is 2.26. The third-order valence-electron chi connectivity index (χ3n) is 5.22. The molecule has 6 nitrogen and oxygen atoms in total. The van der Waals surface area contributed by atoms with Crippen molar-refractivity contribution in [1.29, 1.82) is 0 Å². The van der Waals surface area contributed by atoms with E-state index in [2.05, 4.69) is 5.32 Å². The molecule has 34 heavy (non-hydrogen) atoms. The van der Waals surface area contributed by atoms with Gasteiger partial charge in [-0.05, 0) is 48.9 Å². The second kappa shape index (κ2) is 10.2.